The molecule has 10 heteroatoms. The number of imide groups is 1. The molecule has 0 spiro atoms. The number of carbonyl (C=O) groups is 2. The van der Waals surface area contributed by atoms with Crippen molar-refractivity contribution in [2.45, 2.75) is 36.1 Å². The first-order chi connectivity index (χ1) is 21.3. The summed E-state index contributed by atoms with van der Waals surface area (Å²) in [5, 5.41) is 0.976. The van der Waals surface area contributed by atoms with Gasteiger partial charge in [0.05, 0.1) is 29.7 Å². The molecule has 1 saturated heterocycles. The van der Waals surface area contributed by atoms with Crippen LogP contribution in [0.5, 0.6) is 11.5 Å². The Balaban J connectivity index is 1.18. The maximum Gasteiger partial charge on any atom is 0.305 e. The van der Waals surface area contributed by atoms with Crippen LogP contribution < -0.4 is 19.2 Å². The monoisotopic (exact) mass is 688 g/mol. The molecule has 0 radical (unpaired) electrons. The number of nitrogens with one attached hydrogen (secondary N) is 1. The van der Waals surface area contributed by atoms with Crippen LogP contribution in [0.25, 0.3) is 0 Å². The fraction of sp³-hybridized carbons (Fsp3) is 0.324. The largest absolute Gasteiger partial charge is 0.497 e. The number of nitrogens with zero attached hydrogens (tertiary/aromatic N) is 1. The second kappa shape index (κ2) is 10.6. The van der Waals surface area contributed by atoms with Crippen LogP contribution in [0.1, 0.15) is 33.9 Å². The predicted octanol–water partition coefficient (Wildman–Crippen LogP) is 6.77. The van der Waals surface area contributed by atoms with Crippen molar-refractivity contribution in [2.24, 2.45) is 29.6 Å². The standard InChI is InChI=1S/C34H29BrN2O5S2/c1-16-3-5-17(6-4-16)15-42-24-12-7-18(35)13-21(24)25-26-22-14-23(29(26)43-31-30(25)44-34(40)36-31)28-27(22)32(38)37(33(28)39)19-8-10-20(41-2)11-9-19/h3-13,22-23,25-29H,14-15H2,1-2H3,(H,36,40)/t22-,23-,25?,26?,27?,28?,29?/m1/s1. The number of anilines is 1. The van der Waals surface area contributed by atoms with Crippen LogP contribution in [0.4, 0.5) is 5.69 Å². The van der Waals surface area contributed by atoms with Crippen LogP contribution in [0.2, 0.25) is 0 Å². The third-order valence-corrected chi connectivity index (χ3v) is 13.0. The molecule has 7 atom stereocenters. The van der Waals surface area contributed by atoms with E-state index < -0.39 is 0 Å². The maximum absolute atomic E-state index is 14.1. The van der Waals surface area contributed by atoms with Crippen LogP contribution in [0.3, 0.4) is 0 Å². The first kappa shape index (κ1) is 28.2. The second-order valence-electron chi connectivity index (χ2n) is 12.1. The molecule has 2 aliphatic carbocycles. The van der Waals surface area contributed by atoms with Crippen LogP contribution in [0.15, 0.2) is 81.0 Å². The minimum atomic E-state index is -0.375. The summed E-state index contributed by atoms with van der Waals surface area (Å²) in [4.78, 5) is 46.2. The van der Waals surface area contributed by atoms with E-state index in [1.807, 2.05) is 12.1 Å². The molecule has 4 aromatic rings. The summed E-state index contributed by atoms with van der Waals surface area (Å²) in [7, 11) is 1.59. The van der Waals surface area contributed by atoms with Gasteiger partial charge in [-0.1, -0.05) is 57.1 Å². The summed E-state index contributed by atoms with van der Waals surface area (Å²) >= 11 is 6.63. The van der Waals surface area contributed by atoms with E-state index in [2.05, 4.69) is 58.2 Å². The highest BCUT2D eigenvalue weighted by Gasteiger charge is 2.69. The Kier molecular flexibility index (Phi) is 6.80. The van der Waals surface area contributed by atoms with Gasteiger partial charge < -0.3 is 14.5 Å². The average Bonchev–Trinajstić information content (AvgIpc) is 3.76. The van der Waals surface area contributed by atoms with Crippen LogP contribution in [-0.2, 0) is 16.2 Å². The van der Waals surface area contributed by atoms with Gasteiger partial charge in [-0.05, 0) is 79.1 Å². The quantitative estimate of drug-likeness (QED) is 0.225. The molecular weight excluding hydrogens is 660 g/mol. The van der Waals surface area contributed by atoms with Gasteiger partial charge in [-0.15, -0.1) is 11.8 Å². The van der Waals surface area contributed by atoms with Gasteiger partial charge in [0.2, 0.25) is 11.8 Å². The van der Waals surface area contributed by atoms with E-state index in [9.17, 15) is 14.4 Å². The topological polar surface area (TPSA) is 88.7 Å². The Morgan fingerprint density at radius 3 is 2.41 bits per heavy atom. The minimum Gasteiger partial charge on any atom is -0.497 e. The summed E-state index contributed by atoms with van der Waals surface area (Å²) in [6, 6.07) is 21.5. The number of hydrogen-bond donors (Lipinski definition) is 1. The number of rotatable bonds is 6. The van der Waals surface area contributed by atoms with Gasteiger partial charge >= 0.3 is 4.87 Å². The van der Waals surface area contributed by atoms with E-state index in [0.29, 0.717) is 18.0 Å². The van der Waals surface area contributed by atoms with Gasteiger partial charge in [0.25, 0.3) is 0 Å². The Morgan fingerprint density at radius 1 is 0.955 bits per heavy atom. The molecule has 3 heterocycles. The van der Waals surface area contributed by atoms with Crippen molar-refractivity contribution in [3.63, 3.8) is 0 Å². The molecule has 2 saturated carbocycles. The third kappa shape index (κ3) is 4.32. The van der Waals surface area contributed by atoms with E-state index in [1.54, 1.807) is 43.1 Å². The fourth-order valence-electron chi connectivity index (χ4n) is 8.09. The van der Waals surface area contributed by atoms with Crippen molar-refractivity contribution in [3.05, 3.63) is 102 Å². The van der Waals surface area contributed by atoms with Crippen molar-refractivity contribution in [1.82, 2.24) is 4.98 Å². The molecule has 5 unspecified atom stereocenters. The molecule has 4 aliphatic rings. The van der Waals surface area contributed by atoms with Gasteiger partial charge in [-0.25, -0.2) is 0 Å². The summed E-state index contributed by atoms with van der Waals surface area (Å²) in [5.41, 5.74) is 3.86. The van der Waals surface area contributed by atoms with E-state index in [1.165, 1.54) is 21.8 Å². The number of fused-ring (bicyclic) bond motifs is 9. The van der Waals surface area contributed by atoms with Crippen molar-refractivity contribution in [3.8, 4) is 11.5 Å². The van der Waals surface area contributed by atoms with E-state index in [-0.39, 0.29) is 57.4 Å². The Hall–Kier alpha value is -3.34. The molecular formula is C34H29BrN2O5S2. The second-order valence-corrected chi connectivity index (χ2v) is 15.2. The minimum absolute atomic E-state index is 0.0153. The summed E-state index contributed by atoms with van der Waals surface area (Å²) in [6.07, 6.45) is 0.828. The number of ether oxygens (including phenoxy) is 2. The number of hydrogen-bond acceptors (Lipinski definition) is 7. The normalized spacial score (nSPS) is 28.2. The number of H-pyrrole nitrogens is 1. The van der Waals surface area contributed by atoms with Crippen LogP contribution in [-0.4, -0.2) is 29.2 Å². The van der Waals surface area contributed by atoms with Gasteiger partial charge in [-0.3, -0.25) is 19.3 Å². The van der Waals surface area contributed by atoms with Gasteiger partial charge in [0.1, 0.15) is 18.1 Å². The molecule has 2 amide bonds. The number of benzene rings is 3. The molecule has 2 bridgehead atoms. The predicted molar refractivity (Wildman–Crippen MR) is 174 cm³/mol. The number of halogens is 1. The molecule has 3 aromatic carbocycles. The lowest BCUT2D eigenvalue weighted by Gasteiger charge is -2.43. The third-order valence-electron chi connectivity index (χ3n) is 9.88. The number of thioether (sulfide) groups is 1. The summed E-state index contributed by atoms with van der Waals surface area (Å²) in [6.45, 7) is 2.48. The number of methoxy groups -OCH3 is 1. The number of carbonyl (C=O) groups excluding carboxylic acids is 2. The highest BCUT2D eigenvalue weighted by Crippen LogP contribution is 2.69. The molecule has 1 N–H and O–H groups in total. The zero-order valence-electron chi connectivity index (χ0n) is 24.0. The molecule has 44 heavy (non-hydrogen) atoms. The molecule has 224 valence electrons. The Morgan fingerprint density at radius 2 is 1.68 bits per heavy atom. The number of amides is 2. The number of thiazole rings is 1. The number of aromatic nitrogens is 1. The average molecular weight is 690 g/mol. The lowest BCUT2D eigenvalue weighted by molar-refractivity contribution is -0.123. The molecule has 2 aliphatic heterocycles. The first-order valence-electron chi connectivity index (χ1n) is 14.7. The lowest BCUT2D eigenvalue weighted by Crippen LogP contribution is -2.42. The van der Waals surface area contributed by atoms with Gasteiger partial charge in [-0.2, -0.15) is 0 Å². The molecule has 8 rings (SSSR count). The molecule has 3 fully saturated rings. The SMILES string of the molecule is COc1ccc(N2C(=O)C3C(C2=O)[C@@H]2C[C@H]3C3Sc4[nH]c(=O)sc4C(c4cc(Br)ccc4OCc4ccc(C)cc4)C32)cc1. The first-order valence-corrected chi connectivity index (χ1v) is 17.2. The van der Waals surface area contributed by atoms with Crippen molar-refractivity contribution < 1.29 is 19.1 Å². The van der Waals surface area contributed by atoms with Crippen LogP contribution in [0, 0.1) is 36.5 Å². The highest BCUT2D eigenvalue weighted by atomic mass is 79.9. The summed E-state index contributed by atoms with van der Waals surface area (Å²) in [5.74, 6) is 0.492. The molecule has 1 aromatic heterocycles. The molecule has 7 nitrogen and oxygen atoms in total. The van der Waals surface area contributed by atoms with Crippen LogP contribution >= 0.6 is 39.0 Å². The van der Waals surface area contributed by atoms with E-state index in [0.717, 1.165) is 37.7 Å². The fourth-order valence-corrected chi connectivity index (χ4v) is 11.3. The van der Waals surface area contributed by atoms with Crippen molar-refractivity contribution >= 4 is 56.5 Å². The van der Waals surface area contributed by atoms with Gasteiger partial charge in [0, 0.05) is 26.1 Å². The smallest absolute Gasteiger partial charge is 0.305 e. The zero-order chi connectivity index (χ0) is 30.3. The maximum atomic E-state index is 14.1. The lowest BCUT2D eigenvalue weighted by atomic mass is 9.68. The number of aromatic amines is 1. The van der Waals surface area contributed by atoms with E-state index in [4.69, 9.17) is 9.47 Å². The Bertz CT molecular complexity index is 1850. The van der Waals surface area contributed by atoms with Crippen molar-refractivity contribution in [1.29, 1.82) is 0 Å². The zero-order valence-corrected chi connectivity index (χ0v) is 27.2. The number of aryl methyl sites for hydroxylation is 1. The van der Waals surface area contributed by atoms with Crippen molar-refractivity contribution in [2.75, 3.05) is 12.0 Å². The Labute approximate surface area is 271 Å². The summed E-state index contributed by atoms with van der Waals surface area (Å²) < 4.78 is 12.7. The van der Waals surface area contributed by atoms with Gasteiger partial charge in [0.15, 0.2) is 0 Å². The van der Waals surface area contributed by atoms with E-state index >= 15 is 0 Å². The highest BCUT2D eigenvalue weighted by molar-refractivity contribution is 9.10.